The van der Waals surface area contributed by atoms with Crippen LogP contribution in [-0.2, 0) is 19.1 Å². The van der Waals surface area contributed by atoms with Crippen LogP contribution >= 0.6 is 0 Å². The van der Waals surface area contributed by atoms with Gasteiger partial charge in [-0.25, -0.2) is 0 Å². The fourth-order valence-corrected chi connectivity index (χ4v) is 1.85. The van der Waals surface area contributed by atoms with Gasteiger partial charge in [-0.05, 0) is 25.7 Å². The zero-order valence-corrected chi connectivity index (χ0v) is 8.19. The summed E-state index contributed by atoms with van der Waals surface area (Å²) in [5.41, 5.74) is 0. The maximum atomic E-state index is 10.2. The third kappa shape index (κ3) is 3.77. The molecule has 0 aromatic carbocycles. The molecule has 0 amide bonds. The highest BCUT2D eigenvalue weighted by molar-refractivity contribution is 5.38. The Balaban J connectivity index is 2.41. The lowest BCUT2D eigenvalue weighted by Gasteiger charge is -2.23. The number of hydrogen-bond donors (Lipinski definition) is 0. The quantitative estimate of drug-likeness (QED) is 0.644. The minimum Gasteiger partial charge on any atom is -0.464 e. The van der Waals surface area contributed by atoms with Crippen LogP contribution in [0.15, 0.2) is 0 Å². The SMILES string of the molecule is O=COC1CCCCCC(OC=O)C1. The van der Waals surface area contributed by atoms with E-state index in [1.165, 1.54) is 0 Å². The lowest BCUT2D eigenvalue weighted by molar-refractivity contribution is -0.140. The van der Waals surface area contributed by atoms with Crippen LogP contribution in [0.1, 0.15) is 38.5 Å². The van der Waals surface area contributed by atoms with Crippen LogP contribution in [0.2, 0.25) is 0 Å². The second kappa shape index (κ2) is 6.40. The predicted molar refractivity (Wildman–Crippen MR) is 49.6 cm³/mol. The molecule has 0 bridgehead atoms. The standard InChI is InChI=1S/C10H16O4/c11-7-13-9-4-2-1-3-5-10(6-9)14-8-12/h7-10H,1-6H2. The minimum absolute atomic E-state index is 0.0854. The normalized spacial score (nSPS) is 28.3. The average molecular weight is 200 g/mol. The van der Waals surface area contributed by atoms with Gasteiger partial charge in [0.2, 0.25) is 0 Å². The van der Waals surface area contributed by atoms with E-state index in [9.17, 15) is 9.59 Å². The van der Waals surface area contributed by atoms with Crippen molar-refractivity contribution in [1.82, 2.24) is 0 Å². The largest absolute Gasteiger partial charge is 0.464 e. The summed E-state index contributed by atoms with van der Waals surface area (Å²) >= 11 is 0. The molecule has 4 heteroatoms. The fourth-order valence-electron chi connectivity index (χ4n) is 1.85. The van der Waals surface area contributed by atoms with Crippen molar-refractivity contribution >= 4 is 12.9 Å². The molecule has 4 nitrogen and oxygen atoms in total. The Bertz CT molecular complexity index is 163. The zero-order valence-electron chi connectivity index (χ0n) is 8.19. The zero-order chi connectivity index (χ0) is 10.2. The average Bonchev–Trinajstić information content (AvgIpc) is 2.13. The van der Waals surface area contributed by atoms with E-state index in [1.54, 1.807) is 0 Å². The Kier molecular flexibility index (Phi) is 5.04. The van der Waals surface area contributed by atoms with Gasteiger partial charge in [0.15, 0.2) is 0 Å². The van der Waals surface area contributed by atoms with E-state index >= 15 is 0 Å². The van der Waals surface area contributed by atoms with Crippen molar-refractivity contribution in [3.8, 4) is 0 Å². The van der Waals surface area contributed by atoms with Crippen molar-refractivity contribution < 1.29 is 19.1 Å². The molecule has 0 radical (unpaired) electrons. The first kappa shape index (κ1) is 11.0. The van der Waals surface area contributed by atoms with Gasteiger partial charge in [0.1, 0.15) is 12.2 Å². The van der Waals surface area contributed by atoms with E-state index in [4.69, 9.17) is 9.47 Å². The number of hydrogen-bond acceptors (Lipinski definition) is 4. The number of rotatable bonds is 4. The summed E-state index contributed by atoms with van der Waals surface area (Å²) in [4.78, 5) is 20.4. The molecule has 0 saturated heterocycles. The van der Waals surface area contributed by atoms with E-state index in [-0.39, 0.29) is 12.2 Å². The van der Waals surface area contributed by atoms with Crippen molar-refractivity contribution in [2.24, 2.45) is 0 Å². The van der Waals surface area contributed by atoms with Crippen LogP contribution in [0.4, 0.5) is 0 Å². The van der Waals surface area contributed by atoms with E-state index in [0.29, 0.717) is 19.4 Å². The van der Waals surface area contributed by atoms with Gasteiger partial charge in [-0.2, -0.15) is 0 Å². The molecule has 0 aliphatic heterocycles. The first-order valence-electron chi connectivity index (χ1n) is 5.05. The number of carbonyl (C=O) groups excluding carboxylic acids is 2. The molecule has 80 valence electrons. The Morgan fingerprint density at radius 1 is 0.857 bits per heavy atom. The molecule has 1 saturated carbocycles. The van der Waals surface area contributed by atoms with Crippen molar-refractivity contribution in [2.45, 2.75) is 50.7 Å². The lowest BCUT2D eigenvalue weighted by atomic mass is 9.96. The molecule has 0 spiro atoms. The highest BCUT2D eigenvalue weighted by Gasteiger charge is 2.20. The van der Waals surface area contributed by atoms with Crippen LogP contribution in [0, 0.1) is 0 Å². The highest BCUT2D eigenvalue weighted by Crippen LogP contribution is 2.21. The predicted octanol–water partition coefficient (Wildman–Crippen LogP) is 1.42. The molecule has 0 N–H and O–H groups in total. The smallest absolute Gasteiger partial charge is 0.293 e. The van der Waals surface area contributed by atoms with Crippen molar-refractivity contribution in [2.75, 3.05) is 0 Å². The molecule has 1 rings (SSSR count). The van der Waals surface area contributed by atoms with E-state index in [1.807, 2.05) is 0 Å². The van der Waals surface area contributed by atoms with Crippen molar-refractivity contribution in [3.05, 3.63) is 0 Å². The first-order valence-corrected chi connectivity index (χ1v) is 5.05. The van der Waals surface area contributed by atoms with Gasteiger partial charge in [0.25, 0.3) is 12.9 Å². The molecule has 1 aliphatic carbocycles. The van der Waals surface area contributed by atoms with Crippen LogP contribution < -0.4 is 0 Å². The molecule has 1 aliphatic rings. The summed E-state index contributed by atoms with van der Waals surface area (Å²) in [6.07, 6.45) is 5.47. The van der Waals surface area contributed by atoms with Crippen LogP contribution in [0.25, 0.3) is 0 Å². The second-order valence-electron chi connectivity index (χ2n) is 3.58. The van der Waals surface area contributed by atoms with Crippen LogP contribution in [0.5, 0.6) is 0 Å². The summed E-state index contributed by atoms with van der Waals surface area (Å²) in [6.45, 7) is 0.953. The number of ether oxygens (including phenoxy) is 2. The van der Waals surface area contributed by atoms with E-state index < -0.39 is 0 Å². The maximum Gasteiger partial charge on any atom is 0.293 e. The van der Waals surface area contributed by atoms with Gasteiger partial charge in [-0.3, -0.25) is 9.59 Å². The molecule has 1 fully saturated rings. The Morgan fingerprint density at radius 3 is 1.79 bits per heavy atom. The molecule has 0 heterocycles. The van der Waals surface area contributed by atoms with Gasteiger partial charge in [-0.1, -0.05) is 6.42 Å². The minimum atomic E-state index is -0.0854. The first-order chi connectivity index (χ1) is 6.86. The van der Waals surface area contributed by atoms with Crippen LogP contribution in [-0.4, -0.2) is 25.2 Å². The third-order valence-corrected chi connectivity index (χ3v) is 2.57. The van der Waals surface area contributed by atoms with Gasteiger partial charge < -0.3 is 9.47 Å². The number of carbonyl (C=O) groups is 2. The molecule has 2 atom stereocenters. The molecule has 2 unspecified atom stereocenters. The summed E-state index contributed by atoms with van der Waals surface area (Å²) < 4.78 is 9.84. The van der Waals surface area contributed by atoms with Gasteiger partial charge in [0, 0.05) is 6.42 Å². The highest BCUT2D eigenvalue weighted by atomic mass is 16.5. The van der Waals surface area contributed by atoms with Gasteiger partial charge in [-0.15, -0.1) is 0 Å². The molecular formula is C10H16O4. The second-order valence-corrected chi connectivity index (χ2v) is 3.58. The Morgan fingerprint density at radius 2 is 1.36 bits per heavy atom. The Hall–Kier alpha value is -1.06. The third-order valence-electron chi connectivity index (χ3n) is 2.57. The maximum absolute atomic E-state index is 10.2. The molecular weight excluding hydrogens is 184 g/mol. The topological polar surface area (TPSA) is 52.6 Å². The van der Waals surface area contributed by atoms with Gasteiger partial charge in [0.05, 0.1) is 0 Å². The lowest BCUT2D eigenvalue weighted by Crippen LogP contribution is -2.24. The van der Waals surface area contributed by atoms with Crippen molar-refractivity contribution in [3.63, 3.8) is 0 Å². The van der Waals surface area contributed by atoms with E-state index in [0.717, 1.165) is 32.1 Å². The molecule has 14 heavy (non-hydrogen) atoms. The summed E-state index contributed by atoms with van der Waals surface area (Å²) in [6, 6.07) is 0. The molecule has 0 aromatic heterocycles. The molecule has 0 aromatic rings. The summed E-state index contributed by atoms with van der Waals surface area (Å²) in [5.74, 6) is 0. The van der Waals surface area contributed by atoms with Crippen molar-refractivity contribution in [1.29, 1.82) is 0 Å². The summed E-state index contributed by atoms with van der Waals surface area (Å²) in [7, 11) is 0. The van der Waals surface area contributed by atoms with Gasteiger partial charge >= 0.3 is 0 Å². The Labute approximate surface area is 83.6 Å². The van der Waals surface area contributed by atoms with Crippen LogP contribution in [0.3, 0.4) is 0 Å². The van der Waals surface area contributed by atoms with E-state index in [2.05, 4.69) is 0 Å². The monoisotopic (exact) mass is 200 g/mol. The fraction of sp³-hybridized carbons (Fsp3) is 0.800. The summed E-state index contributed by atoms with van der Waals surface area (Å²) in [5, 5.41) is 0.